The van der Waals surface area contributed by atoms with E-state index in [2.05, 4.69) is 31.0 Å². The minimum Gasteiger partial charge on any atom is -0.305 e. The molecule has 3 rings (SSSR count). The van der Waals surface area contributed by atoms with Crippen molar-refractivity contribution in [3.05, 3.63) is 11.9 Å². The van der Waals surface area contributed by atoms with E-state index in [4.69, 9.17) is 5.84 Å². The van der Waals surface area contributed by atoms with Crippen LogP contribution >= 0.6 is 0 Å². The Labute approximate surface area is 90.5 Å². The van der Waals surface area contributed by atoms with Crippen molar-refractivity contribution in [3.8, 4) is 0 Å². The third kappa shape index (κ3) is 0.986. The molecule has 2 aromatic heterocycles. The topological polar surface area (TPSA) is 106 Å². The molecule has 2 aromatic rings. The highest BCUT2D eigenvalue weighted by atomic mass is 15.4. The molecular formula is C8H10N8. The van der Waals surface area contributed by atoms with Gasteiger partial charge in [0, 0.05) is 0 Å². The molecule has 0 aliphatic carbocycles. The molecule has 0 saturated heterocycles. The van der Waals surface area contributed by atoms with Crippen molar-refractivity contribution in [3.63, 3.8) is 0 Å². The van der Waals surface area contributed by atoms with Gasteiger partial charge >= 0.3 is 0 Å². The van der Waals surface area contributed by atoms with Gasteiger partial charge < -0.3 is 5.43 Å². The molecule has 16 heavy (non-hydrogen) atoms. The van der Waals surface area contributed by atoms with Crippen LogP contribution in [0.3, 0.4) is 0 Å². The summed E-state index contributed by atoms with van der Waals surface area (Å²) in [6.07, 6.45) is 1.52. The molecule has 0 saturated carbocycles. The highest BCUT2D eigenvalue weighted by molar-refractivity contribution is 5.74. The van der Waals surface area contributed by atoms with Crippen LogP contribution in [0.1, 0.15) is 19.4 Å². The molecule has 82 valence electrons. The Kier molecular flexibility index (Phi) is 1.56. The van der Waals surface area contributed by atoms with E-state index in [-0.39, 0.29) is 0 Å². The number of hydrogen-bond donors (Lipinski definition) is 2. The molecule has 0 fully saturated rings. The zero-order valence-corrected chi connectivity index (χ0v) is 8.84. The number of azo groups is 1. The summed E-state index contributed by atoms with van der Waals surface area (Å²) >= 11 is 0. The smallest absolute Gasteiger partial charge is 0.189 e. The Morgan fingerprint density at radius 1 is 1.44 bits per heavy atom. The second-order valence-electron chi connectivity index (χ2n) is 4.07. The van der Waals surface area contributed by atoms with Crippen LogP contribution in [0.4, 0.5) is 11.5 Å². The normalized spacial score (nSPS) is 16.7. The molecule has 0 bridgehead atoms. The lowest BCUT2D eigenvalue weighted by molar-refractivity contribution is 0.556. The largest absolute Gasteiger partial charge is 0.305 e. The Hall–Kier alpha value is -2.09. The van der Waals surface area contributed by atoms with Crippen LogP contribution in [-0.4, -0.2) is 19.8 Å². The van der Waals surface area contributed by atoms with E-state index in [1.807, 2.05) is 13.8 Å². The van der Waals surface area contributed by atoms with Crippen molar-refractivity contribution in [2.45, 2.75) is 19.4 Å². The third-order valence-electron chi connectivity index (χ3n) is 2.57. The second kappa shape index (κ2) is 2.73. The van der Waals surface area contributed by atoms with Crippen LogP contribution in [-0.2, 0) is 5.54 Å². The third-order valence-corrected chi connectivity index (χ3v) is 2.57. The van der Waals surface area contributed by atoms with Crippen LogP contribution in [0.2, 0.25) is 0 Å². The SMILES string of the molecule is CC1(C)N=Nc2c(NN)nn3cnnc3c21. The van der Waals surface area contributed by atoms with E-state index in [1.165, 1.54) is 6.33 Å². The van der Waals surface area contributed by atoms with Gasteiger partial charge in [-0.05, 0) is 13.8 Å². The van der Waals surface area contributed by atoms with Crippen molar-refractivity contribution in [1.29, 1.82) is 0 Å². The number of aromatic nitrogens is 4. The monoisotopic (exact) mass is 218 g/mol. The predicted octanol–water partition coefficient (Wildman–Crippen LogP) is 0.742. The molecule has 0 radical (unpaired) electrons. The summed E-state index contributed by atoms with van der Waals surface area (Å²) in [7, 11) is 0. The molecule has 0 atom stereocenters. The molecular weight excluding hydrogens is 208 g/mol. The van der Waals surface area contributed by atoms with Gasteiger partial charge in [-0.3, -0.25) is 0 Å². The Morgan fingerprint density at radius 3 is 3.00 bits per heavy atom. The zero-order valence-electron chi connectivity index (χ0n) is 8.84. The molecule has 3 heterocycles. The van der Waals surface area contributed by atoms with E-state index in [1.54, 1.807) is 4.52 Å². The number of nitrogens with one attached hydrogen (secondary N) is 1. The van der Waals surface area contributed by atoms with Crippen LogP contribution in [0, 0.1) is 0 Å². The van der Waals surface area contributed by atoms with Crippen molar-refractivity contribution < 1.29 is 0 Å². The number of nitrogens with zero attached hydrogens (tertiary/aromatic N) is 6. The van der Waals surface area contributed by atoms with Crippen molar-refractivity contribution in [2.75, 3.05) is 5.43 Å². The summed E-state index contributed by atoms with van der Waals surface area (Å²) in [6.45, 7) is 3.91. The maximum absolute atomic E-state index is 5.40. The minimum atomic E-state index is -0.432. The van der Waals surface area contributed by atoms with Gasteiger partial charge in [-0.1, -0.05) is 0 Å². The lowest BCUT2D eigenvalue weighted by Crippen LogP contribution is -2.16. The van der Waals surface area contributed by atoms with E-state index >= 15 is 0 Å². The number of fused-ring (bicyclic) bond motifs is 3. The van der Waals surface area contributed by atoms with Gasteiger partial charge in [-0.25, -0.2) is 5.84 Å². The molecule has 0 aromatic carbocycles. The minimum absolute atomic E-state index is 0.432. The van der Waals surface area contributed by atoms with Gasteiger partial charge in [-0.2, -0.15) is 14.7 Å². The van der Waals surface area contributed by atoms with Gasteiger partial charge in [0.15, 0.2) is 11.5 Å². The number of hydrazine groups is 1. The Balaban J connectivity index is 2.46. The molecule has 3 N–H and O–H groups in total. The number of nitrogen functional groups attached to an aromatic ring is 1. The van der Waals surface area contributed by atoms with Crippen LogP contribution in [0.5, 0.6) is 0 Å². The van der Waals surface area contributed by atoms with Gasteiger partial charge in [0.25, 0.3) is 0 Å². The first-order valence-electron chi connectivity index (χ1n) is 4.77. The fourth-order valence-electron chi connectivity index (χ4n) is 1.83. The summed E-state index contributed by atoms with van der Waals surface area (Å²) < 4.78 is 1.56. The van der Waals surface area contributed by atoms with Gasteiger partial charge in [0.05, 0.1) is 5.56 Å². The standard InChI is InChI=1S/C8H10N8/c1-8(2)4-5(12-15-8)6(11-9)14-16-3-10-13-7(4)16/h3H,9H2,1-2H3,(H,11,14). The second-order valence-corrected chi connectivity index (χ2v) is 4.07. The average Bonchev–Trinajstić information content (AvgIpc) is 2.81. The van der Waals surface area contributed by atoms with E-state index in [9.17, 15) is 0 Å². The summed E-state index contributed by atoms with van der Waals surface area (Å²) in [5, 5.41) is 20.3. The first-order chi connectivity index (χ1) is 7.63. The highest BCUT2D eigenvalue weighted by Gasteiger charge is 2.34. The maximum Gasteiger partial charge on any atom is 0.189 e. The number of anilines is 1. The molecule has 0 amide bonds. The predicted molar refractivity (Wildman–Crippen MR) is 56.1 cm³/mol. The van der Waals surface area contributed by atoms with Gasteiger partial charge in [0.2, 0.25) is 0 Å². The van der Waals surface area contributed by atoms with E-state index in [0.29, 0.717) is 17.2 Å². The molecule has 0 spiro atoms. The number of rotatable bonds is 1. The fourth-order valence-corrected chi connectivity index (χ4v) is 1.83. The van der Waals surface area contributed by atoms with Crippen molar-refractivity contribution in [2.24, 2.45) is 16.1 Å². The number of nitrogens with two attached hydrogens (primary N) is 1. The molecule has 0 unspecified atom stereocenters. The van der Waals surface area contributed by atoms with Crippen molar-refractivity contribution >= 4 is 17.2 Å². The molecule has 1 aliphatic rings. The first kappa shape index (κ1) is 9.16. The fraction of sp³-hybridized carbons (Fsp3) is 0.375. The maximum atomic E-state index is 5.40. The molecule has 8 nitrogen and oxygen atoms in total. The Morgan fingerprint density at radius 2 is 2.25 bits per heavy atom. The van der Waals surface area contributed by atoms with Gasteiger partial charge in [-0.15, -0.1) is 15.3 Å². The molecule has 1 aliphatic heterocycles. The lowest BCUT2D eigenvalue weighted by Gasteiger charge is -2.14. The zero-order chi connectivity index (χ0) is 11.3. The lowest BCUT2D eigenvalue weighted by atomic mass is 9.96. The summed E-state index contributed by atoms with van der Waals surface area (Å²) in [5.74, 6) is 5.87. The number of hydrogen-bond acceptors (Lipinski definition) is 7. The van der Waals surface area contributed by atoms with Gasteiger partial charge in [0.1, 0.15) is 17.6 Å². The Bertz CT molecular complexity index is 595. The van der Waals surface area contributed by atoms with E-state index < -0.39 is 5.54 Å². The van der Waals surface area contributed by atoms with Crippen LogP contribution < -0.4 is 11.3 Å². The summed E-state index contributed by atoms with van der Waals surface area (Å²) in [5.41, 5.74) is 4.24. The van der Waals surface area contributed by atoms with Crippen molar-refractivity contribution in [1.82, 2.24) is 19.8 Å². The quantitative estimate of drug-likeness (QED) is 0.542. The summed E-state index contributed by atoms with van der Waals surface area (Å²) in [4.78, 5) is 0. The first-order valence-corrected chi connectivity index (χ1v) is 4.77. The van der Waals surface area contributed by atoms with Crippen LogP contribution in [0.15, 0.2) is 16.6 Å². The average molecular weight is 218 g/mol. The highest BCUT2D eigenvalue weighted by Crippen LogP contribution is 2.44. The summed E-state index contributed by atoms with van der Waals surface area (Å²) in [6, 6.07) is 0. The van der Waals surface area contributed by atoms with E-state index in [0.717, 1.165) is 5.56 Å². The molecule has 8 heteroatoms. The van der Waals surface area contributed by atoms with Crippen LogP contribution in [0.25, 0.3) is 5.65 Å².